The third-order valence-corrected chi connectivity index (χ3v) is 5.27. The van der Waals surface area contributed by atoms with Gasteiger partial charge in [-0.15, -0.1) is 0 Å². The Hall–Kier alpha value is -1.22. The molecule has 2 aliphatic heterocycles. The van der Waals surface area contributed by atoms with E-state index in [2.05, 4.69) is 0 Å². The lowest BCUT2D eigenvalue weighted by Gasteiger charge is -2.29. The minimum atomic E-state index is -1.05. The third kappa shape index (κ3) is 4.20. The van der Waals surface area contributed by atoms with Crippen LogP contribution in [0.15, 0.2) is 48.5 Å². The second kappa shape index (κ2) is 8.65. The summed E-state index contributed by atoms with van der Waals surface area (Å²) in [6.07, 6.45) is -5.04. The van der Waals surface area contributed by atoms with Crippen LogP contribution < -0.4 is 0 Å². The Balaban J connectivity index is 1.62. The van der Waals surface area contributed by atoms with E-state index in [1.807, 2.05) is 6.07 Å². The first-order valence-corrected chi connectivity index (χ1v) is 9.68. The Kier molecular flexibility index (Phi) is 6.20. The van der Waals surface area contributed by atoms with Crippen molar-refractivity contribution in [3.8, 4) is 0 Å². The van der Waals surface area contributed by atoms with Crippen molar-refractivity contribution in [2.45, 2.75) is 37.0 Å². The van der Waals surface area contributed by atoms with Crippen LogP contribution in [0.1, 0.15) is 23.7 Å². The monoisotopic (exact) mass is 426 g/mol. The van der Waals surface area contributed by atoms with E-state index < -0.39 is 37.0 Å². The number of benzene rings is 2. The molecule has 2 aromatic carbocycles. The average molecular weight is 427 g/mol. The first-order valence-electron chi connectivity index (χ1n) is 8.93. The van der Waals surface area contributed by atoms with Gasteiger partial charge in [0.15, 0.2) is 12.6 Å². The summed E-state index contributed by atoms with van der Waals surface area (Å²) >= 11 is 12.1. The lowest BCUT2D eigenvalue weighted by molar-refractivity contribution is -0.249. The van der Waals surface area contributed by atoms with Gasteiger partial charge >= 0.3 is 0 Å². The fraction of sp³-hybridized carbons (Fsp3) is 0.400. The fourth-order valence-corrected chi connectivity index (χ4v) is 3.79. The van der Waals surface area contributed by atoms with Gasteiger partial charge < -0.3 is 29.2 Å². The second-order valence-electron chi connectivity index (χ2n) is 6.73. The lowest BCUT2D eigenvalue weighted by Crippen LogP contribution is -2.45. The molecule has 6 atom stereocenters. The van der Waals surface area contributed by atoms with Crippen molar-refractivity contribution in [2.24, 2.45) is 0 Å². The molecule has 8 heteroatoms. The molecule has 0 aliphatic carbocycles. The van der Waals surface area contributed by atoms with Crippen molar-refractivity contribution in [1.82, 2.24) is 0 Å². The van der Waals surface area contributed by atoms with Crippen LogP contribution in [0.4, 0.5) is 0 Å². The topological polar surface area (TPSA) is 77.4 Å². The van der Waals surface area contributed by atoms with Crippen LogP contribution in [0.25, 0.3) is 0 Å². The lowest BCUT2D eigenvalue weighted by atomic mass is 10.0. The molecule has 2 saturated heterocycles. The molecular weight excluding hydrogens is 407 g/mol. The SMILES string of the molecule is OC[C@H]1OC(c2cccc(Cl)c2)O[C@H]2COC(c3cccc(Cl)c3)O[C@@H]1[C@H]2O. The zero-order valence-electron chi connectivity index (χ0n) is 14.8. The van der Waals surface area contributed by atoms with E-state index in [1.165, 1.54) is 0 Å². The van der Waals surface area contributed by atoms with Crippen molar-refractivity contribution in [3.63, 3.8) is 0 Å². The van der Waals surface area contributed by atoms with Crippen molar-refractivity contribution in [2.75, 3.05) is 13.2 Å². The molecule has 2 fully saturated rings. The van der Waals surface area contributed by atoms with Crippen LogP contribution in [0.3, 0.4) is 0 Å². The summed E-state index contributed by atoms with van der Waals surface area (Å²) in [4.78, 5) is 0. The molecule has 2 aliphatic rings. The first-order chi connectivity index (χ1) is 13.5. The highest BCUT2D eigenvalue weighted by molar-refractivity contribution is 6.30. The molecule has 0 aromatic heterocycles. The van der Waals surface area contributed by atoms with E-state index >= 15 is 0 Å². The maximum absolute atomic E-state index is 10.8. The predicted octanol–water partition coefficient (Wildman–Crippen LogP) is 3.24. The van der Waals surface area contributed by atoms with Gasteiger partial charge in [-0.2, -0.15) is 0 Å². The van der Waals surface area contributed by atoms with Gasteiger partial charge in [0.1, 0.15) is 24.4 Å². The van der Waals surface area contributed by atoms with E-state index in [0.29, 0.717) is 21.2 Å². The number of hydrogen-bond acceptors (Lipinski definition) is 6. The summed E-state index contributed by atoms with van der Waals surface area (Å²) in [7, 11) is 0. The summed E-state index contributed by atoms with van der Waals surface area (Å²) in [5.74, 6) is 0. The number of aliphatic hydroxyl groups excluding tert-OH is 2. The highest BCUT2D eigenvalue weighted by atomic mass is 35.5. The van der Waals surface area contributed by atoms with Crippen molar-refractivity contribution >= 4 is 23.2 Å². The van der Waals surface area contributed by atoms with E-state index in [-0.39, 0.29) is 13.2 Å². The van der Waals surface area contributed by atoms with Gasteiger partial charge in [0.05, 0.1) is 13.2 Å². The van der Waals surface area contributed by atoms with Gasteiger partial charge in [0.25, 0.3) is 0 Å². The molecule has 2 heterocycles. The fourth-order valence-electron chi connectivity index (χ4n) is 3.39. The normalized spacial score (nSPS) is 33.1. The molecule has 4 rings (SSSR count). The molecule has 2 bridgehead atoms. The summed E-state index contributed by atoms with van der Waals surface area (Å²) in [6, 6.07) is 14.1. The van der Waals surface area contributed by atoms with Crippen molar-refractivity contribution in [1.29, 1.82) is 0 Å². The maximum atomic E-state index is 10.8. The average Bonchev–Trinajstić information content (AvgIpc) is 2.93. The van der Waals surface area contributed by atoms with Gasteiger partial charge in [-0.3, -0.25) is 0 Å². The van der Waals surface area contributed by atoms with E-state index in [4.69, 9.17) is 42.1 Å². The van der Waals surface area contributed by atoms with Crippen molar-refractivity contribution < 1.29 is 29.2 Å². The maximum Gasteiger partial charge on any atom is 0.185 e. The Labute approximate surface area is 172 Å². The Morgan fingerprint density at radius 3 is 2.14 bits per heavy atom. The van der Waals surface area contributed by atoms with E-state index in [1.54, 1.807) is 42.5 Å². The molecular formula is C20H20Cl2O6. The van der Waals surface area contributed by atoms with Crippen molar-refractivity contribution in [3.05, 3.63) is 69.7 Å². The largest absolute Gasteiger partial charge is 0.394 e. The Bertz CT molecular complexity index is 817. The molecule has 2 unspecified atom stereocenters. The summed E-state index contributed by atoms with van der Waals surface area (Å²) < 4.78 is 23.8. The van der Waals surface area contributed by atoms with Crippen LogP contribution in [0.5, 0.6) is 0 Å². The van der Waals surface area contributed by atoms with Gasteiger partial charge in [0, 0.05) is 21.2 Å². The van der Waals surface area contributed by atoms with Gasteiger partial charge in [0.2, 0.25) is 0 Å². The number of ether oxygens (including phenoxy) is 4. The predicted molar refractivity (Wildman–Crippen MR) is 102 cm³/mol. The molecule has 6 nitrogen and oxygen atoms in total. The zero-order chi connectivity index (χ0) is 19.7. The van der Waals surface area contributed by atoms with Crippen LogP contribution in [0, 0.1) is 0 Å². The molecule has 0 amide bonds. The number of hydrogen-bond donors (Lipinski definition) is 2. The summed E-state index contributed by atoms with van der Waals surface area (Å²) in [6.45, 7) is -0.287. The number of aliphatic hydroxyl groups is 2. The zero-order valence-corrected chi connectivity index (χ0v) is 16.3. The smallest absolute Gasteiger partial charge is 0.185 e. The molecule has 2 N–H and O–H groups in total. The van der Waals surface area contributed by atoms with E-state index in [9.17, 15) is 10.2 Å². The third-order valence-electron chi connectivity index (χ3n) is 4.79. The number of halogens is 2. The summed E-state index contributed by atoms with van der Waals surface area (Å²) in [5, 5.41) is 21.8. The Morgan fingerprint density at radius 2 is 1.54 bits per heavy atom. The minimum Gasteiger partial charge on any atom is -0.394 e. The number of rotatable bonds is 3. The molecule has 0 radical (unpaired) electrons. The van der Waals surface area contributed by atoms with Crippen LogP contribution >= 0.6 is 23.2 Å². The van der Waals surface area contributed by atoms with Crippen LogP contribution in [-0.2, 0) is 18.9 Å². The van der Waals surface area contributed by atoms with Gasteiger partial charge in [-0.25, -0.2) is 0 Å². The molecule has 0 spiro atoms. The highest BCUT2D eigenvalue weighted by Crippen LogP contribution is 2.37. The standard InChI is InChI=1S/C20H20Cl2O6/c21-13-5-1-3-11(7-13)19-25-10-16-17(24)18(28-19)15(9-23)26-20(27-16)12-4-2-6-14(22)8-12/h1-8,15-20,23-24H,9-10H2/t15-,16+,17+,18+,19?,20?/m1/s1. The summed E-state index contributed by atoms with van der Waals surface area (Å²) in [5.41, 5.74) is 1.38. The highest BCUT2D eigenvalue weighted by Gasteiger charge is 2.46. The molecule has 2 aromatic rings. The van der Waals surface area contributed by atoms with Crippen LogP contribution in [-0.4, -0.2) is 47.8 Å². The Morgan fingerprint density at radius 1 is 0.893 bits per heavy atom. The molecule has 0 saturated carbocycles. The van der Waals surface area contributed by atoms with Gasteiger partial charge in [-0.05, 0) is 24.3 Å². The van der Waals surface area contributed by atoms with Gasteiger partial charge in [-0.1, -0.05) is 47.5 Å². The quantitative estimate of drug-likeness (QED) is 0.784. The number of fused-ring (bicyclic) bond motifs is 2. The molecule has 150 valence electrons. The minimum absolute atomic E-state index is 0.0768. The second-order valence-corrected chi connectivity index (χ2v) is 7.60. The van der Waals surface area contributed by atoms with E-state index in [0.717, 1.165) is 0 Å². The molecule has 28 heavy (non-hydrogen) atoms. The van der Waals surface area contributed by atoms with Crippen LogP contribution in [0.2, 0.25) is 10.0 Å². The first kappa shape index (κ1) is 20.1.